The van der Waals surface area contributed by atoms with E-state index in [9.17, 15) is 19.5 Å². The lowest BCUT2D eigenvalue weighted by molar-refractivity contribution is -0.164. The summed E-state index contributed by atoms with van der Waals surface area (Å²) in [7, 11) is 0. The van der Waals surface area contributed by atoms with Gasteiger partial charge in [0, 0.05) is 31.5 Å². The lowest BCUT2D eigenvalue weighted by atomic mass is 9.82. The van der Waals surface area contributed by atoms with Gasteiger partial charge in [-0.1, -0.05) is 55.5 Å². The summed E-state index contributed by atoms with van der Waals surface area (Å²) >= 11 is 0. The molecular formula is C25H28N2O5. The number of rotatable bonds is 7. The van der Waals surface area contributed by atoms with Crippen LogP contribution in [-0.4, -0.2) is 53.7 Å². The van der Waals surface area contributed by atoms with Crippen molar-refractivity contribution in [2.24, 2.45) is 5.41 Å². The first-order chi connectivity index (χ1) is 15.3. The molecule has 1 fully saturated rings. The van der Waals surface area contributed by atoms with Crippen LogP contribution in [0.1, 0.15) is 43.7 Å². The molecule has 2 amide bonds. The number of carboxylic acids is 1. The fraction of sp³-hybridized carbons (Fsp3) is 0.400. The van der Waals surface area contributed by atoms with Gasteiger partial charge in [-0.05, 0) is 35.6 Å². The molecule has 1 aliphatic heterocycles. The van der Waals surface area contributed by atoms with Crippen molar-refractivity contribution in [3.63, 3.8) is 0 Å². The van der Waals surface area contributed by atoms with Gasteiger partial charge in [-0.15, -0.1) is 0 Å². The Morgan fingerprint density at radius 2 is 1.66 bits per heavy atom. The van der Waals surface area contributed by atoms with Crippen LogP contribution in [-0.2, 0) is 14.3 Å². The normalized spacial score (nSPS) is 17.0. The molecule has 7 nitrogen and oxygen atoms in total. The summed E-state index contributed by atoms with van der Waals surface area (Å²) in [5, 5.41) is 12.0. The van der Waals surface area contributed by atoms with Crippen molar-refractivity contribution in [1.82, 2.24) is 10.2 Å². The van der Waals surface area contributed by atoms with Crippen LogP contribution in [0.25, 0.3) is 11.1 Å². The number of aliphatic carboxylic acids is 1. The second kappa shape index (κ2) is 8.65. The Morgan fingerprint density at radius 3 is 2.19 bits per heavy atom. The van der Waals surface area contributed by atoms with E-state index in [1.807, 2.05) is 31.2 Å². The molecule has 0 bridgehead atoms. The number of likely N-dealkylation sites (tertiary alicyclic amines) is 1. The number of fused-ring (bicyclic) bond motifs is 3. The number of carbonyl (C=O) groups is 3. The number of hydrogen-bond donors (Lipinski definition) is 2. The fourth-order valence-corrected chi connectivity index (χ4v) is 4.55. The third-order valence-corrected chi connectivity index (χ3v) is 6.53. The van der Waals surface area contributed by atoms with Crippen molar-refractivity contribution >= 4 is 18.0 Å². The van der Waals surface area contributed by atoms with Gasteiger partial charge in [0.05, 0.1) is 5.41 Å². The van der Waals surface area contributed by atoms with Crippen molar-refractivity contribution in [2.45, 2.75) is 38.6 Å². The van der Waals surface area contributed by atoms with Gasteiger partial charge in [-0.25, -0.2) is 4.79 Å². The molecule has 1 aliphatic carbocycles. The van der Waals surface area contributed by atoms with Crippen LogP contribution >= 0.6 is 0 Å². The Morgan fingerprint density at radius 1 is 1.09 bits per heavy atom. The number of carboxylic acid groups (broad SMARTS) is 1. The minimum Gasteiger partial charge on any atom is -0.481 e. The summed E-state index contributed by atoms with van der Waals surface area (Å²) in [5.41, 5.74) is 3.73. The van der Waals surface area contributed by atoms with Crippen LogP contribution in [0.2, 0.25) is 0 Å². The van der Waals surface area contributed by atoms with Crippen molar-refractivity contribution < 1.29 is 24.2 Å². The largest absolute Gasteiger partial charge is 0.481 e. The van der Waals surface area contributed by atoms with E-state index in [4.69, 9.17) is 4.74 Å². The first-order valence-corrected chi connectivity index (χ1v) is 10.9. The molecule has 1 saturated heterocycles. The second-order valence-electron chi connectivity index (χ2n) is 8.89. The van der Waals surface area contributed by atoms with Gasteiger partial charge in [0.2, 0.25) is 5.91 Å². The fourth-order valence-electron chi connectivity index (χ4n) is 4.55. The van der Waals surface area contributed by atoms with E-state index in [0.717, 1.165) is 22.3 Å². The van der Waals surface area contributed by atoms with Gasteiger partial charge >= 0.3 is 12.1 Å². The van der Waals surface area contributed by atoms with Gasteiger partial charge in [0.15, 0.2) is 0 Å². The van der Waals surface area contributed by atoms with Crippen molar-refractivity contribution in [3.05, 3.63) is 59.7 Å². The zero-order valence-electron chi connectivity index (χ0n) is 18.3. The maximum Gasteiger partial charge on any atom is 0.407 e. The Bertz CT molecular complexity index is 999. The monoisotopic (exact) mass is 436 g/mol. The van der Waals surface area contributed by atoms with Crippen molar-refractivity contribution in [1.29, 1.82) is 0 Å². The van der Waals surface area contributed by atoms with Crippen LogP contribution in [0.15, 0.2) is 48.5 Å². The van der Waals surface area contributed by atoms with Gasteiger partial charge in [-0.2, -0.15) is 0 Å². The van der Waals surface area contributed by atoms with E-state index in [1.54, 1.807) is 6.92 Å². The number of amides is 2. The van der Waals surface area contributed by atoms with Crippen LogP contribution in [0.3, 0.4) is 0 Å². The highest BCUT2D eigenvalue weighted by molar-refractivity contribution is 5.84. The topological polar surface area (TPSA) is 95.9 Å². The van der Waals surface area contributed by atoms with Crippen LogP contribution < -0.4 is 5.32 Å². The van der Waals surface area contributed by atoms with E-state index in [-0.39, 0.29) is 44.0 Å². The van der Waals surface area contributed by atoms with Gasteiger partial charge in [0.1, 0.15) is 6.61 Å². The lowest BCUT2D eigenvalue weighted by Crippen LogP contribution is -2.61. The highest BCUT2D eigenvalue weighted by Crippen LogP contribution is 2.44. The number of benzene rings is 2. The molecule has 0 unspecified atom stereocenters. The molecule has 0 aromatic heterocycles. The number of ether oxygens (including phenoxy) is 1. The quantitative estimate of drug-likeness (QED) is 0.691. The number of hydrogen-bond acceptors (Lipinski definition) is 4. The summed E-state index contributed by atoms with van der Waals surface area (Å²) < 4.78 is 5.57. The highest BCUT2D eigenvalue weighted by Gasteiger charge is 2.47. The smallest absolute Gasteiger partial charge is 0.407 e. The predicted molar refractivity (Wildman–Crippen MR) is 119 cm³/mol. The first kappa shape index (κ1) is 21.9. The summed E-state index contributed by atoms with van der Waals surface area (Å²) in [6.07, 6.45) is 0.140. The molecule has 7 heteroatoms. The average Bonchev–Trinajstić information content (AvgIpc) is 3.08. The van der Waals surface area contributed by atoms with E-state index in [1.165, 1.54) is 4.90 Å². The SMILES string of the molecule is CC[C@@H](CC(=O)N1CC(C)(C(=O)O)C1)NC(=O)OCC1c2ccccc2-c2ccccc21. The van der Waals surface area contributed by atoms with Crippen LogP contribution in [0.4, 0.5) is 4.79 Å². The summed E-state index contributed by atoms with van der Waals surface area (Å²) in [5.74, 6) is -1.08. The molecule has 0 saturated carbocycles. The number of carbonyl (C=O) groups excluding carboxylic acids is 2. The maximum absolute atomic E-state index is 12.5. The van der Waals surface area contributed by atoms with Crippen molar-refractivity contribution in [2.75, 3.05) is 19.7 Å². The van der Waals surface area contributed by atoms with Gasteiger partial charge in [-0.3, -0.25) is 9.59 Å². The van der Waals surface area contributed by atoms with E-state index in [0.29, 0.717) is 6.42 Å². The molecule has 2 aromatic carbocycles. The Balaban J connectivity index is 1.32. The minimum absolute atomic E-state index is 0.0235. The zero-order valence-corrected chi connectivity index (χ0v) is 18.3. The Hall–Kier alpha value is -3.35. The van der Waals surface area contributed by atoms with Gasteiger partial charge in [0.25, 0.3) is 0 Å². The Labute approximate surface area is 187 Å². The molecule has 0 spiro atoms. The molecule has 0 radical (unpaired) electrons. The second-order valence-corrected chi connectivity index (χ2v) is 8.89. The molecule has 4 rings (SSSR count). The van der Waals surface area contributed by atoms with E-state index in [2.05, 4.69) is 29.6 Å². The summed E-state index contributed by atoms with van der Waals surface area (Å²) in [6, 6.07) is 15.9. The summed E-state index contributed by atoms with van der Waals surface area (Å²) in [6.45, 7) is 4.13. The molecule has 168 valence electrons. The zero-order chi connectivity index (χ0) is 22.9. The third-order valence-electron chi connectivity index (χ3n) is 6.53. The molecule has 32 heavy (non-hydrogen) atoms. The number of alkyl carbamates (subject to hydrolysis) is 1. The highest BCUT2D eigenvalue weighted by atomic mass is 16.5. The van der Waals surface area contributed by atoms with Crippen LogP contribution in [0, 0.1) is 5.41 Å². The molecule has 2 aromatic rings. The molecule has 2 N–H and O–H groups in total. The first-order valence-electron chi connectivity index (χ1n) is 10.9. The number of nitrogens with one attached hydrogen (secondary N) is 1. The molecular weight excluding hydrogens is 408 g/mol. The molecule has 1 atom stereocenters. The van der Waals surface area contributed by atoms with E-state index >= 15 is 0 Å². The minimum atomic E-state index is -0.898. The molecule has 2 aliphatic rings. The van der Waals surface area contributed by atoms with Gasteiger partial charge < -0.3 is 20.1 Å². The summed E-state index contributed by atoms with van der Waals surface area (Å²) in [4.78, 5) is 37.7. The van der Waals surface area contributed by atoms with Crippen molar-refractivity contribution in [3.8, 4) is 11.1 Å². The van der Waals surface area contributed by atoms with E-state index < -0.39 is 17.5 Å². The van der Waals surface area contributed by atoms with Crippen LogP contribution in [0.5, 0.6) is 0 Å². The predicted octanol–water partition coefficient (Wildman–Crippen LogP) is 3.63. The number of nitrogens with zero attached hydrogens (tertiary/aromatic N) is 1. The Kier molecular flexibility index (Phi) is 5.91. The average molecular weight is 437 g/mol. The molecule has 1 heterocycles. The third kappa shape index (κ3) is 4.07. The lowest BCUT2D eigenvalue weighted by Gasteiger charge is -2.45. The standard InChI is InChI=1S/C25H28N2O5/c1-3-16(12-22(28)27-14-25(2,15-27)23(29)30)26-24(31)32-13-21-19-10-6-4-8-17(19)18-9-5-7-11-20(18)21/h4-11,16,21H,3,12-15H2,1-2H3,(H,26,31)(H,29,30)/t16-/m0/s1. The maximum atomic E-state index is 12.5.